The number of nitrogens with zero attached hydrogens (tertiary/aromatic N) is 2. The van der Waals surface area contributed by atoms with Crippen molar-refractivity contribution < 1.29 is 14.3 Å². The van der Waals surface area contributed by atoms with E-state index in [1.54, 1.807) is 6.20 Å². The second kappa shape index (κ2) is 10.2. The number of nitrogens with one attached hydrogen (secondary N) is 2. The van der Waals surface area contributed by atoms with Gasteiger partial charge in [-0.3, -0.25) is 4.79 Å². The Morgan fingerprint density at radius 1 is 1.40 bits per heavy atom. The number of carbonyl (C=O) groups is 1. The Balaban J connectivity index is 0.00000156. The quantitative estimate of drug-likeness (QED) is 0.815. The fourth-order valence-electron chi connectivity index (χ4n) is 2.27. The minimum Gasteiger partial charge on any atom is -0.486 e. The molecule has 2 heterocycles. The normalized spacial score (nSPS) is 16.3. The maximum absolute atomic E-state index is 12.1. The van der Waals surface area contributed by atoms with Crippen LogP contribution in [0.15, 0.2) is 36.7 Å². The van der Waals surface area contributed by atoms with Crippen LogP contribution >= 0.6 is 24.8 Å². The number of imidazole rings is 1. The Labute approximate surface area is 158 Å². The topological polar surface area (TPSA) is 77.4 Å². The second-order valence-corrected chi connectivity index (χ2v) is 5.32. The molecule has 1 atom stereocenters. The molecule has 0 bridgehead atoms. The van der Waals surface area contributed by atoms with Gasteiger partial charge >= 0.3 is 0 Å². The summed E-state index contributed by atoms with van der Waals surface area (Å²) in [5.74, 6) is 1.43. The van der Waals surface area contributed by atoms with Crippen molar-refractivity contribution >= 4 is 36.4 Å². The largest absolute Gasteiger partial charge is 0.486 e. The SMILES string of the molecule is Cl.Cl.Cn1ccnc1COc1ccc(NC(=O)C2CNCCO2)cc1. The van der Waals surface area contributed by atoms with Crippen LogP contribution in [0, 0.1) is 0 Å². The molecule has 9 heteroatoms. The van der Waals surface area contributed by atoms with Gasteiger partial charge in [-0.2, -0.15) is 0 Å². The van der Waals surface area contributed by atoms with Crippen molar-refractivity contribution in [3.8, 4) is 5.75 Å². The van der Waals surface area contributed by atoms with Crippen LogP contribution in [-0.2, 0) is 23.2 Å². The van der Waals surface area contributed by atoms with Crippen molar-refractivity contribution in [2.75, 3.05) is 25.0 Å². The average Bonchev–Trinajstić information content (AvgIpc) is 3.00. The summed E-state index contributed by atoms with van der Waals surface area (Å²) in [6, 6.07) is 7.25. The summed E-state index contributed by atoms with van der Waals surface area (Å²) in [6.45, 7) is 2.28. The van der Waals surface area contributed by atoms with Gasteiger partial charge in [-0.05, 0) is 24.3 Å². The number of aromatic nitrogens is 2. The third-order valence-corrected chi connectivity index (χ3v) is 3.63. The third-order valence-electron chi connectivity index (χ3n) is 3.63. The zero-order valence-corrected chi connectivity index (χ0v) is 15.4. The van der Waals surface area contributed by atoms with Gasteiger partial charge in [0.1, 0.15) is 24.3 Å². The molecule has 1 aliphatic heterocycles. The molecule has 1 aromatic heterocycles. The minimum absolute atomic E-state index is 0. The molecule has 3 rings (SSSR count). The number of amides is 1. The molecular formula is C16H22Cl2N4O3. The summed E-state index contributed by atoms with van der Waals surface area (Å²) in [5, 5.41) is 5.97. The van der Waals surface area contributed by atoms with Crippen molar-refractivity contribution in [2.24, 2.45) is 7.05 Å². The van der Waals surface area contributed by atoms with E-state index in [1.807, 2.05) is 42.1 Å². The lowest BCUT2D eigenvalue weighted by Gasteiger charge is -2.22. The van der Waals surface area contributed by atoms with E-state index in [0.717, 1.165) is 18.1 Å². The number of ether oxygens (including phenoxy) is 2. The smallest absolute Gasteiger partial charge is 0.254 e. The van der Waals surface area contributed by atoms with Gasteiger partial charge in [0.05, 0.1) is 6.61 Å². The zero-order valence-electron chi connectivity index (χ0n) is 13.8. The van der Waals surface area contributed by atoms with E-state index in [4.69, 9.17) is 9.47 Å². The first-order valence-electron chi connectivity index (χ1n) is 7.54. The number of hydrogen-bond acceptors (Lipinski definition) is 5. The van der Waals surface area contributed by atoms with Gasteiger partial charge in [-0.1, -0.05) is 0 Å². The minimum atomic E-state index is -0.442. The van der Waals surface area contributed by atoms with E-state index >= 15 is 0 Å². The number of anilines is 1. The number of morpholine rings is 1. The summed E-state index contributed by atoms with van der Waals surface area (Å²) < 4.78 is 13.0. The molecule has 0 aliphatic carbocycles. The number of aryl methyl sites for hydroxylation is 1. The lowest BCUT2D eigenvalue weighted by atomic mass is 10.2. The van der Waals surface area contributed by atoms with E-state index in [-0.39, 0.29) is 30.7 Å². The van der Waals surface area contributed by atoms with Gasteiger partial charge in [0, 0.05) is 38.2 Å². The predicted molar refractivity (Wildman–Crippen MR) is 99.7 cm³/mol. The molecule has 0 radical (unpaired) electrons. The highest BCUT2D eigenvalue weighted by Crippen LogP contribution is 2.17. The zero-order chi connectivity index (χ0) is 16.1. The van der Waals surface area contributed by atoms with Crippen molar-refractivity contribution in [2.45, 2.75) is 12.7 Å². The molecule has 1 aliphatic rings. The Morgan fingerprint density at radius 3 is 2.76 bits per heavy atom. The lowest BCUT2D eigenvalue weighted by Crippen LogP contribution is -2.45. The summed E-state index contributed by atoms with van der Waals surface area (Å²) in [7, 11) is 1.92. The van der Waals surface area contributed by atoms with Crippen molar-refractivity contribution in [1.82, 2.24) is 14.9 Å². The van der Waals surface area contributed by atoms with Gasteiger partial charge in [-0.25, -0.2) is 4.98 Å². The molecule has 0 spiro atoms. The summed E-state index contributed by atoms with van der Waals surface area (Å²) >= 11 is 0. The third kappa shape index (κ3) is 5.89. The highest BCUT2D eigenvalue weighted by atomic mass is 35.5. The number of hydrogen-bond donors (Lipinski definition) is 2. The van der Waals surface area contributed by atoms with Gasteiger partial charge in [-0.15, -0.1) is 24.8 Å². The molecule has 138 valence electrons. The van der Waals surface area contributed by atoms with Crippen LogP contribution in [0.1, 0.15) is 5.82 Å². The molecule has 1 amide bonds. The van der Waals surface area contributed by atoms with Crippen LogP contribution in [0.5, 0.6) is 5.75 Å². The standard InChI is InChI=1S/C16H20N4O3.2ClH/c1-20-8-6-18-15(20)11-23-13-4-2-12(3-5-13)19-16(21)14-10-17-7-9-22-14;;/h2-6,8,14,17H,7,9-11H2,1H3,(H,19,21);2*1H. The fourth-order valence-corrected chi connectivity index (χ4v) is 2.27. The van der Waals surface area contributed by atoms with Crippen molar-refractivity contribution in [1.29, 1.82) is 0 Å². The van der Waals surface area contributed by atoms with E-state index in [2.05, 4.69) is 15.6 Å². The van der Waals surface area contributed by atoms with Crippen LogP contribution in [0.3, 0.4) is 0 Å². The molecule has 25 heavy (non-hydrogen) atoms. The first kappa shape index (κ1) is 21.2. The van der Waals surface area contributed by atoms with Gasteiger partial charge < -0.3 is 24.7 Å². The fraction of sp³-hybridized carbons (Fsp3) is 0.375. The molecule has 1 aromatic carbocycles. The van der Waals surface area contributed by atoms with Gasteiger partial charge in [0.15, 0.2) is 0 Å². The average molecular weight is 389 g/mol. The van der Waals surface area contributed by atoms with Crippen LogP contribution in [0.25, 0.3) is 0 Å². The summed E-state index contributed by atoms with van der Waals surface area (Å²) in [4.78, 5) is 16.3. The van der Waals surface area contributed by atoms with E-state index in [9.17, 15) is 4.79 Å². The second-order valence-electron chi connectivity index (χ2n) is 5.32. The maximum Gasteiger partial charge on any atom is 0.254 e. The van der Waals surface area contributed by atoms with Crippen LogP contribution in [-0.4, -0.2) is 41.3 Å². The molecule has 0 saturated carbocycles. The first-order valence-corrected chi connectivity index (χ1v) is 7.54. The Bertz CT molecular complexity index is 658. The number of halogens is 2. The van der Waals surface area contributed by atoms with E-state index < -0.39 is 6.10 Å². The monoisotopic (exact) mass is 388 g/mol. The number of rotatable bonds is 5. The van der Waals surface area contributed by atoms with Crippen molar-refractivity contribution in [3.05, 3.63) is 42.5 Å². The molecule has 2 aromatic rings. The molecule has 1 fully saturated rings. The van der Waals surface area contributed by atoms with Crippen LogP contribution in [0.4, 0.5) is 5.69 Å². The summed E-state index contributed by atoms with van der Waals surface area (Å²) in [5.41, 5.74) is 0.716. The molecule has 1 unspecified atom stereocenters. The maximum atomic E-state index is 12.1. The van der Waals surface area contributed by atoms with Crippen LogP contribution < -0.4 is 15.4 Å². The van der Waals surface area contributed by atoms with Crippen LogP contribution in [0.2, 0.25) is 0 Å². The predicted octanol–water partition coefficient (Wildman–Crippen LogP) is 1.77. The molecule has 7 nitrogen and oxygen atoms in total. The summed E-state index contributed by atoms with van der Waals surface area (Å²) in [6.07, 6.45) is 3.17. The van der Waals surface area contributed by atoms with Gasteiger partial charge in [0.25, 0.3) is 5.91 Å². The Hall–Kier alpha value is -1.80. The van der Waals surface area contributed by atoms with E-state index in [0.29, 0.717) is 25.4 Å². The van der Waals surface area contributed by atoms with Crippen molar-refractivity contribution in [3.63, 3.8) is 0 Å². The first-order chi connectivity index (χ1) is 11.2. The van der Waals surface area contributed by atoms with E-state index in [1.165, 1.54) is 0 Å². The highest BCUT2D eigenvalue weighted by molar-refractivity contribution is 5.94. The molecule has 2 N–H and O–H groups in total. The number of benzene rings is 1. The number of carbonyl (C=O) groups excluding carboxylic acids is 1. The molecule has 1 saturated heterocycles. The Morgan fingerprint density at radius 2 is 2.16 bits per heavy atom. The highest BCUT2D eigenvalue weighted by Gasteiger charge is 2.21. The van der Waals surface area contributed by atoms with Gasteiger partial charge in [0.2, 0.25) is 0 Å². The lowest BCUT2D eigenvalue weighted by molar-refractivity contribution is -0.128. The molecular weight excluding hydrogens is 367 g/mol. The Kier molecular flexibility index (Phi) is 8.71.